The van der Waals surface area contributed by atoms with Crippen LogP contribution in [0.2, 0.25) is 0 Å². The topological polar surface area (TPSA) is 104 Å². The Morgan fingerprint density at radius 1 is 1.07 bits per heavy atom. The van der Waals surface area contributed by atoms with Gasteiger partial charge in [0.25, 0.3) is 0 Å². The molecule has 4 rings (SSSR count). The van der Waals surface area contributed by atoms with Crippen LogP contribution in [0.5, 0.6) is 0 Å². The molecule has 0 saturated carbocycles. The highest BCUT2D eigenvalue weighted by atomic mass is 19.1. The van der Waals surface area contributed by atoms with E-state index in [1.54, 1.807) is 36.5 Å². The van der Waals surface area contributed by atoms with E-state index < -0.39 is 12.0 Å². The number of hydrogen-bond acceptors (Lipinski definition) is 5. The van der Waals surface area contributed by atoms with Crippen LogP contribution in [0.1, 0.15) is 17.3 Å². The van der Waals surface area contributed by atoms with Crippen molar-refractivity contribution >= 4 is 16.7 Å². The van der Waals surface area contributed by atoms with Gasteiger partial charge in [0.15, 0.2) is 12.0 Å². The number of nitrogens with one attached hydrogen (secondary N) is 2. The van der Waals surface area contributed by atoms with E-state index in [0.717, 1.165) is 26.7 Å². The summed E-state index contributed by atoms with van der Waals surface area (Å²) in [7, 11) is 0. The highest BCUT2D eigenvalue weighted by Gasteiger charge is 2.20. The van der Waals surface area contributed by atoms with Gasteiger partial charge in [0.1, 0.15) is 5.49 Å². The summed E-state index contributed by atoms with van der Waals surface area (Å²) in [5.41, 5.74) is 8.97. The normalized spacial score (nSPS) is 12.1. The number of alkyl halides is 1. The van der Waals surface area contributed by atoms with Gasteiger partial charge in [-0.15, -0.1) is 0 Å². The van der Waals surface area contributed by atoms with Crippen molar-refractivity contribution in [3.8, 4) is 11.3 Å². The molecule has 0 amide bonds. The van der Waals surface area contributed by atoms with Gasteiger partial charge in [-0.1, -0.05) is 36.4 Å². The van der Waals surface area contributed by atoms with E-state index >= 15 is 4.39 Å². The van der Waals surface area contributed by atoms with Gasteiger partial charge in [-0.25, -0.2) is 4.39 Å². The molecule has 0 aliphatic carbocycles. The molecule has 0 bridgehead atoms. The highest BCUT2D eigenvalue weighted by molar-refractivity contribution is 5.88. The number of nitrogens with two attached hydrogens (primary N) is 1. The Balaban J connectivity index is 1.68. The average molecular weight is 386 g/mol. The van der Waals surface area contributed by atoms with Crippen molar-refractivity contribution in [2.45, 2.75) is 12.7 Å². The lowest BCUT2D eigenvalue weighted by molar-refractivity contribution is 0.425. The number of fused-ring (bicyclic) bond motifs is 1. The zero-order valence-electron chi connectivity index (χ0n) is 15.5. The summed E-state index contributed by atoms with van der Waals surface area (Å²) < 4.78 is 16.2. The summed E-state index contributed by atoms with van der Waals surface area (Å²) in [6, 6.07) is 19.3. The summed E-state index contributed by atoms with van der Waals surface area (Å²) in [4.78, 5) is 4.22. The fraction of sp³-hybridized carbons (Fsp3) is 0.0909. The lowest BCUT2D eigenvalue weighted by atomic mass is 10.1. The fourth-order valence-corrected chi connectivity index (χ4v) is 3.09. The molecular weight excluding hydrogens is 367 g/mol. The monoisotopic (exact) mass is 386 g/mol. The minimum Gasteiger partial charge on any atom is -0.326 e. The second-order valence-electron chi connectivity index (χ2n) is 6.62. The van der Waals surface area contributed by atoms with Crippen LogP contribution in [0.25, 0.3) is 22.2 Å². The Kier molecular flexibility index (Phi) is 4.97. The summed E-state index contributed by atoms with van der Waals surface area (Å²) in [5.74, 6) is -0.418. The highest BCUT2D eigenvalue weighted by Crippen LogP contribution is 2.23. The molecule has 2 aromatic heterocycles. The maximum absolute atomic E-state index is 15.2. The molecule has 6 nitrogen and oxygen atoms in total. The number of aromatic nitrogens is 3. The SMILES string of the molecule is N=C(C(F)c1ccc2ncccc2c1)n1nc(-c2ccc(CN)cc2)ccc1=N. The van der Waals surface area contributed by atoms with Gasteiger partial charge in [-0.2, -0.15) is 9.78 Å². The molecule has 1 unspecified atom stereocenters. The molecule has 0 spiro atoms. The molecular formula is C22H19FN6. The molecule has 4 N–H and O–H groups in total. The maximum atomic E-state index is 15.2. The predicted octanol–water partition coefficient (Wildman–Crippen LogP) is 3.57. The maximum Gasteiger partial charge on any atom is 0.184 e. The lowest BCUT2D eigenvalue weighted by Gasteiger charge is -2.14. The molecule has 0 saturated heterocycles. The standard InChI is InChI=1S/C22H19FN6/c23-21(17-7-8-18-16(12-17)2-1-11-27-18)22(26)29-20(25)10-9-19(28-29)15-5-3-14(13-24)4-6-15/h1-12,21,25-26H,13,24H2. The first-order chi connectivity index (χ1) is 14.1. The van der Waals surface area contributed by atoms with Crippen LogP contribution in [0.4, 0.5) is 4.39 Å². The number of hydrogen-bond donors (Lipinski definition) is 3. The predicted molar refractivity (Wildman–Crippen MR) is 110 cm³/mol. The van der Waals surface area contributed by atoms with Gasteiger partial charge < -0.3 is 5.73 Å². The van der Waals surface area contributed by atoms with E-state index in [0.29, 0.717) is 17.8 Å². The number of pyridine rings is 1. The van der Waals surface area contributed by atoms with E-state index in [9.17, 15) is 0 Å². The second kappa shape index (κ2) is 7.73. The van der Waals surface area contributed by atoms with Crippen LogP contribution in [-0.2, 0) is 6.54 Å². The third kappa shape index (κ3) is 3.68. The molecule has 0 radical (unpaired) electrons. The van der Waals surface area contributed by atoms with Gasteiger partial charge >= 0.3 is 0 Å². The number of nitrogens with zero attached hydrogens (tertiary/aromatic N) is 3. The zero-order chi connectivity index (χ0) is 20.4. The molecule has 144 valence electrons. The van der Waals surface area contributed by atoms with Crippen molar-refractivity contribution in [1.29, 1.82) is 10.8 Å². The number of benzene rings is 2. The van der Waals surface area contributed by atoms with Crippen molar-refractivity contribution in [3.63, 3.8) is 0 Å². The van der Waals surface area contributed by atoms with Crippen molar-refractivity contribution < 1.29 is 4.39 Å². The summed E-state index contributed by atoms with van der Waals surface area (Å²) >= 11 is 0. The van der Waals surface area contributed by atoms with Crippen LogP contribution in [0.15, 0.2) is 72.9 Å². The third-order valence-electron chi connectivity index (χ3n) is 4.71. The Hall–Kier alpha value is -3.71. The molecule has 1 atom stereocenters. The first-order valence-electron chi connectivity index (χ1n) is 9.09. The van der Waals surface area contributed by atoms with E-state index in [-0.39, 0.29) is 5.49 Å². The van der Waals surface area contributed by atoms with E-state index in [1.807, 2.05) is 30.3 Å². The Labute approximate surface area is 166 Å². The molecule has 2 heterocycles. The van der Waals surface area contributed by atoms with E-state index in [1.165, 1.54) is 6.07 Å². The molecule has 2 aromatic carbocycles. The van der Waals surface area contributed by atoms with Crippen molar-refractivity contribution in [3.05, 3.63) is 89.5 Å². The molecule has 29 heavy (non-hydrogen) atoms. The Morgan fingerprint density at radius 2 is 1.86 bits per heavy atom. The van der Waals surface area contributed by atoms with Crippen LogP contribution in [-0.4, -0.2) is 20.6 Å². The first kappa shape index (κ1) is 18.6. The Bertz CT molecular complexity index is 1250. The lowest BCUT2D eigenvalue weighted by Crippen LogP contribution is -2.31. The van der Waals surface area contributed by atoms with Gasteiger partial charge in [0.05, 0.1) is 11.2 Å². The number of halogens is 1. The van der Waals surface area contributed by atoms with Gasteiger partial charge in [0.2, 0.25) is 0 Å². The largest absolute Gasteiger partial charge is 0.326 e. The summed E-state index contributed by atoms with van der Waals surface area (Å²) in [5, 5.41) is 21.5. The summed E-state index contributed by atoms with van der Waals surface area (Å²) in [6.07, 6.45) is -0.0506. The van der Waals surface area contributed by atoms with Crippen LogP contribution >= 0.6 is 0 Å². The van der Waals surface area contributed by atoms with E-state index in [4.69, 9.17) is 16.6 Å². The second-order valence-corrected chi connectivity index (χ2v) is 6.62. The summed E-state index contributed by atoms with van der Waals surface area (Å²) in [6.45, 7) is 0.439. The van der Waals surface area contributed by atoms with Gasteiger partial charge in [-0.05, 0) is 41.5 Å². The minimum absolute atomic E-state index is 0.0672. The fourth-order valence-electron chi connectivity index (χ4n) is 3.09. The van der Waals surface area contributed by atoms with Crippen molar-refractivity contribution in [2.75, 3.05) is 0 Å². The number of rotatable bonds is 4. The van der Waals surface area contributed by atoms with Gasteiger partial charge in [0, 0.05) is 23.7 Å². The third-order valence-corrected chi connectivity index (χ3v) is 4.71. The molecule has 0 aliphatic rings. The van der Waals surface area contributed by atoms with Crippen LogP contribution < -0.4 is 11.2 Å². The van der Waals surface area contributed by atoms with Crippen LogP contribution in [0.3, 0.4) is 0 Å². The molecule has 7 heteroatoms. The zero-order valence-corrected chi connectivity index (χ0v) is 15.5. The van der Waals surface area contributed by atoms with Crippen molar-refractivity contribution in [2.24, 2.45) is 5.73 Å². The molecule has 0 aliphatic heterocycles. The Morgan fingerprint density at radius 3 is 2.62 bits per heavy atom. The van der Waals surface area contributed by atoms with Crippen LogP contribution in [0, 0.1) is 10.8 Å². The first-order valence-corrected chi connectivity index (χ1v) is 9.09. The van der Waals surface area contributed by atoms with Crippen molar-refractivity contribution in [1.82, 2.24) is 14.8 Å². The van der Waals surface area contributed by atoms with Gasteiger partial charge in [-0.3, -0.25) is 15.8 Å². The molecule has 0 fully saturated rings. The van der Waals surface area contributed by atoms with E-state index in [2.05, 4.69) is 10.1 Å². The minimum atomic E-state index is -1.73. The quantitative estimate of drug-likeness (QED) is 0.369. The molecule has 4 aromatic rings. The smallest absolute Gasteiger partial charge is 0.184 e. The average Bonchev–Trinajstić information content (AvgIpc) is 2.78.